The highest BCUT2D eigenvalue weighted by Crippen LogP contribution is 2.28. The van der Waals surface area contributed by atoms with Crippen molar-refractivity contribution < 1.29 is 4.79 Å². The Labute approximate surface area is 183 Å². The Morgan fingerprint density at radius 3 is 2.81 bits per heavy atom. The molecule has 0 aliphatic carbocycles. The molecule has 1 amide bonds. The van der Waals surface area contributed by atoms with E-state index in [0.29, 0.717) is 22.4 Å². The molecule has 0 saturated heterocycles. The molecule has 2 aromatic heterocycles. The number of nitrogens with zero attached hydrogens (tertiary/aromatic N) is 3. The molecule has 0 atom stereocenters. The molecular formula is C24H18N6O2. The second kappa shape index (κ2) is 8.53. The van der Waals surface area contributed by atoms with Crippen LogP contribution in [0.15, 0.2) is 71.8 Å². The third-order valence-corrected chi connectivity index (χ3v) is 4.99. The van der Waals surface area contributed by atoms with Crippen molar-refractivity contribution in [1.29, 1.82) is 10.7 Å². The van der Waals surface area contributed by atoms with Crippen LogP contribution in [0.1, 0.15) is 5.56 Å². The lowest BCUT2D eigenvalue weighted by Gasteiger charge is -2.15. The van der Waals surface area contributed by atoms with Gasteiger partial charge in [0.05, 0.1) is 16.7 Å². The zero-order valence-electron chi connectivity index (χ0n) is 17.1. The number of amides is 1. The van der Waals surface area contributed by atoms with Crippen molar-refractivity contribution in [2.45, 2.75) is 6.92 Å². The van der Waals surface area contributed by atoms with Crippen molar-refractivity contribution >= 4 is 45.3 Å². The quantitative estimate of drug-likeness (QED) is 0.256. The van der Waals surface area contributed by atoms with Gasteiger partial charge in [0.15, 0.2) is 6.07 Å². The van der Waals surface area contributed by atoms with Crippen molar-refractivity contribution in [3.8, 4) is 11.8 Å². The van der Waals surface area contributed by atoms with Crippen molar-refractivity contribution in [3.05, 3.63) is 82.9 Å². The third-order valence-electron chi connectivity index (χ3n) is 4.99. The van der Waals surface area contributed by atoms with E-state index in [9.17, 15) is 9.59 Å². The summed E-state index contributed by atoms with van der Waals surface area (Å²) < 4.78 is 1.57. The number of aromatic nitrogens is 2. The van der Waals surface area contributed by atoms with Crippen LogP contribution in [0.5, 0.6) is 0 Å². The lowest BCUT2D eigenvalue weighted by atomic mass is 10.1. The molecule has 3 N–H and O–H groups in total. The van der Waals surface area contributed by atoms with E-state index in [1.807, 2.05) is 25.1 Å². The number of hydrogen-bond donors (Lipinski definition) is 3. The molecule has 156 valence electrons. The number of nitrogens with one attached hydrogen (secondary N) is 3. The number of allylic oxidation sites excluding steroid dienone is 1. The zero-order valence-corrected chi connectivity index (χ0v) is 17.1. The number of fused-ring (bicyclic) bond motifs is 3. The average Bonchev–Trinajstić information content (AvgIpc) is 2.80. The van der Waals surface area contributed by atoms with Crippen LogP contribution in [-0.4, -0.2) is 21.7 Å². The number of carbonyl (C=O) groups is 1. The van der Waals surface area contributed by atoms with E-state index in [0.717, 1.165) is 22.0 Å². The van der Waals surface area contributed by atoms with Crippen molar-refractivity contribution in [2.24, 2.45) is 0 Å². The number of hydrogen-bond acceptors (Lipinski definition) is 6. The second-order valence-corrected chi connectivity index (χ2v) is 7.04. The smallest absolute Gasteiger partial charge is 0.326 e. The Morgan fingerprint density at radius 1 is 1.19 bits per heavy atom. The topological polar surface area (TPSA) is 124 Å². The minimum atomic E-state index is -0.779. The summed E-state index contributed by atoms with van der Waals surface area (Å²) in [6, 6.07) is 15.6. The summed E-state index contributed by atoms with van der Waals surface area (Å²) in [4.78, 5) is 29.1. The summed E-state index contributed by atoms with van der Waals surface area (Å²) in [5.74, 6) is -0.779. The standard InChI is InChI=1S/C24H18N6O2/c1-15-3-6-18(12-21(15)29-22(31)13-26)30-23(32)8-4-16-14-28-20-7-5-17(27-10-2-9-25)11-19(20)24(16)30/h2-12,14,25,27H,1H3,(H,29,31)/b10-2-,25-9?. The predicted octanol–water partition coefficient (Wildman–Crippen LogP) is 3.88. The average molecular weight is 422 g/mol. The molecule has 8 heteroatoms. The minimum absolute atomic E-state index is 0.242. The van der Waals surface area contributed by atoms with Gasteiger partial charge in [0, 0.05) is 46.8 Å². The SMILES string of the molecule is Cc1ccc(-n2c(=O)ccc3cnc4ccc(N/C=C\C=N)cc4c32)cc1NC(=O)C#N. The predicted molar refractivity (Wildman–Crippen MR) is 125 cm³/mol. The number of anilines is 2. The van der Waals surface area contributed by atoms with Crippen LogP contribution in [0.2, 0.25) is 0 Å². The van der Waals surface area contributed by atoms with Crippen LogP contribution >= 0.6 is 0 Å². The molecule has 0 bridgehead atoms. The molecule has 0 radical (unpaired) electrons. The highest BCUT2D eigenvalue weighted by atomic mass is 16.1. The first-order valence-electron chi connectivity index (χ1n) is 9.70. The Bertz CT molecular complexity index is 1510. The maximum atomic E-state index is 13.0. The van der Waals surface area contributed by atoms with E-state index in [1.165, 1.54) is 18.4 Å². The van der Waals surface area contributed by atoms with E-state index in [2.05, 4.69) is 15.6 Å². The van der Waals surface area contributed by atoms with Gasteiger partial charge >= 0.3 is 5.91 Å². The van der Waals surface area contributed by atoms with Crippen LogP contribution in [-0.2, 0) is 4.79 Å². The van der Waals surface area contributed by atoms with Gasteiger partial charge in [-0.25, -0.2) is 0 Å². The summed E-state index contributed by atoms with van der Waals surface area (Å²) in [6.07, 6.45) is 6.08. The summed E-state index contributed by atoms with van der Waals surface area (Å²) in [7, 11) is 0. The molecule has 0 spiro atoms. The molecule has 32 heavy (non-hydrogen) atoms. The monoisotopic (exact) mass is 422 g/mol. The molecule has 2 aromatic carbocycles. The highest BCUT2D eigenvalue weighted by Gasteiger charge is 2.13. The minimum Gasteiger partial charge on any atom is -0.362 e. The largest absolute Gasteiger partial charge is 0.362 e. The van der Waals surface area contributed by atoms with E-state index >= 15 is 0 Å². The molecule has 4 aromatic rings. The Hall–Kier alpha value is -4.77. The Kier molecular flexibility index (Phi) is 5.47. The molecule has 0 saturated carbocycles. The summed E-state index contributed by atoms with van der Waals surface area (Å²) in [6.45, 7) is 1.81. The van der Waals surface area contributed by atoms with Crippen molar-refractivity contribution in [2.75, 3.05) is 10.6 Å². The zero-order chi connectivity index (χ0) is 22.7. The van der Waals surface area contributed by atoms with Crippen LogP contribution in [0, 0.1) is 23.7 Å². The van der Waals surface area contributed by atoms with Gasteiger partial charge in [0.2, 0.25) is 0 Å². The number of rotatable bonds is 5. The first kappa shape index (κ1) is 20.5. The second-order valence-electron chi connectivity index (χ2n) is 7.04. The summed E-state index contributed by atoms with van der Waals surface area (Å²) in [5, 5.41) is 23.1. The molecule has 0 fully saturated rings. The number of pyridine rings is 2. The third kappa shape index (κ3) is 3.82. The van der Waals surface area contributed by atoms with Gasteiger partial charge in [-0.1, -0.05) is 6.07 Å². The lowest BCUT2D eigenvalue weighted by Crippen LogP contribution is -2.18. The van der Waals surface area contributed by atoms with Gasteiger partial charge in [-0.05, 0) is 55.0 Å². The van der Waals surface area contributed by atoms with Crippen LogP contribution in [0.25, 0.3) is 27.5 Å². The van der Waals surface area contributed by atoms with E-state index in [4.69, 9.17) is 10.7 Å². The van der Waals surface area contributed by atoms with Gasteiger partial charge in [0.1, 0.15) is 0 Å². The highest BCUT2D eigenvalue weighted by molar-refractivity contribution is 6.05. The van der Waals surface area contributed by atoms with Gasteiger partial charge in [-0.15, -0.1) is 0 Å². The summed E-state index contributed by atoms with van der Waals surface area (Å²) in [5.41, 5.74) is 3.69. The fourth-order valence-corrected chi connectivity index (χ4v) is 3.48. The van der Waals surface area contributed by atoms with Crippen LogP contribution < -0.4 is 16.2 Å². The molecule has 0 aliphatic rings. The summed E-state index contributed by atoms with van der Waals surface area (Å²) >= 11 is 0. The Morgan fingerprint density at radius 2 is 2.03 bits per heavy atom. The first-order valence-corrected chi connectivity index (χ1v) is 9.70. The normalized spacial score (nSPS) is 10.9. The molecular weight excluding hydrogens is 404 g/mol. The Balaban J connectivity index is 1.99. The van der Waals surface area contributed by atoms with Crippen molar-refractivity contribution in [1.82, 2.24) is 9.55 Å². The first-order chi connectivity index (χ1) is 15.5. The molecule has 0 unspecified atom stereocenters. The molecule has 0 aliphatic heterocycles. The maximum Gasteiger partial charge on any atom is 0.326 e. The fraction of sp³-hybridized carbons (Fsp3) is 0.0417. The van der Waals surface area contributed by atoms with E-state index in [1.54, 1.807) is 47.3 Å². The fourth-order valence-electron chi connectivity index (χ4n) is 3.48. The number of aryl methyl sites for hydroxylation is 1. The van der Waals surface area contributed by atoms with Crippen LogP contribution in [0.4, 0.5) is 11.4 Å². The van der Waals surface area contributed by atoms with Gasteiger partial charge in [-0.3, -0.25) is 19.1 Å². The van der Waals surface area contributed by atoms with Gasteiger partial charge < -0.3 is 16.0 Å². The van der Waals surface area contributed by atoms with Crippen LogP contribution in [0.3, 0.4) is 0 Å². The maximum absolute atomic E-state index is 13.0. The van der Waals surface area contributed by atoms with Gasteiger partial charge in [0.25, 0.3) is 5.56 Å². The van der Waals surface area contributed by atoms with Gasteiger partial charge in [-0.2, -0.15) is 5.26 Å². The number of carbonyl (C=O) groups excluding carboxylic acids is 1. The molecule has 8 nitrogen and oxygen atoms in total. The van der Waals surface area contributed by atoms with Crippen molar-refractivity contribution in [3.63, 3.8) is 0 Å². The molecule has 2 heterocycles. The molecule has 4 rings (SSSR count). The number of benzene rings is 2. The van der Waals surface area contributed by atoms with E-state index in [-0.39, 0.29) is 5.56 Å². The number of nitriles is 1. The van der Waals surface area contributed by atoms with E-state index < -0.39 is 5.91 Å². The lowest BCUT2D eigenvalue weighted by molar-refractivity contribution is -0.111.